The first-order valence-corrected chi connectivity index (χ1v) is 4.00. The number of rotatable bonds is 2. The lowest BCUT2D eigenvalue weighted by Crippen LogP contribution is -1.83. The van der Waals surface area contributed by atoms with Gasteiger partial charge < -0.3 is 0 Å². The summed E-state index contributed by atoms with van der Waals surface area (Å²) in [7, 11) is 0. The van der Waals surface area contributed by atoms with Crippen LogP contribution in [0.4, 0.5) is 0 Å². The van der Waals surface area contributed by atoms with Crippen molar-refractivity contribution in [3.05, 3.63) is 11.9 Å². The van der Waals surface area contributed by atoms with Crippen LogP contribution in [0.1, 0.15) is 12.6 Å². The minimum absolute atomic E-state index is 0.959. The monoisotopic (exact) mass is 143 g/mol. The Kier molecular flexibility index (Phi) is 2.10. The van der Waals surface area contributed by atoms with Gasteiger partial charge in [-0.2, -0.15) is 4.09 Å². The summed E-state index contributed by atoms with van der Waals surface area (Å²) in [4.78, 5) is 0. The topological polar surface area (TPSA) is 30.7 Å². The molecule has 0 aliphatic rings. The molecular formula is C5H9N3S. The van der Waals surface area contributed by atoms with Gasteiger partial charge in [-0.05, 0) is 18.4 Å². The van der Waals surface area contributed by atoms with Crippen molar-refractivity contribution in [1.29, 1.82) is 0 Å². The fourth-order valence-electron chi connectivity index (χ4n) is 0.532. The molecule has 0 radical (unpaired) electrons. The molecule has 0 aliphatic carbocycles. The smallest absolute Gasteiger partial charge is 0.0835 e. The Labute approximate surface area is 58.6 Å². The largest absolute Gasteiger partial charge is 0.194 e. The summed E-state index contributed by atoms with van der Waals surface area (Å²) in [6, 6.07) is 0. The van der Waals surface area contributed by atoms with Gasteiger partial charge in [-0.1, -0.05) is 12.1 Å². The summed E-state index contributed by atoms with van der Waals surface area (Å²) in [6.45, 7) is 2.06. The summed E-state index contributed by atoms with van der Waals surface area (Å²) in [5, 5.41) is 7.73. The average Bonchev–Trinajstić information content (AvgIpc) is 2.34. The van der Waals surface area contributed by atoms with Gasteiger partial charge in [0, 0.05) is 6.26 Å². The predicted octanol–water partition coefficient (Wildman–Crippen LogP) is 0.967. The molecule has 0 N–H and O–H groups in total. The van der Waals surface area contributed by atoms with Gasteiger partial charge in [0.2, 0.25) is 0 Å². The second kappa shape index (κ2) is 2.87. The third-order valence-corrected chi connectivity index (χ3v) is 1.62. The lowest BCUT2D eigenvalue weighted by Gasteiger charge is -1.85. The Morgan fingerprint density at radius 3 is 2.89 bits per heavy atom. The van der Waals surface area contributed by atoms with Crippen LogP contribution in [0.5, 0.6) is 0 Å². The van der Waals surface area contributed by atoms with Crippen molar-refractivity contribution in [3.63, 3.8) is 0 Å². The van der Waals surface area contributed by atoms with Crippen LogP contribution < -0.4 is 0 Å². The van der Waals surface area contributed by atoms with Crippen molar-refractivity contribution in [2.24, 2.45) is 0 Å². The van der Waals surface area contributed by atoms with Crippen molar-refractivity contribution >= 4 is 11.9 Å². The molecule has 0 fully saturated rings. The molecule has 0 atom stereocenters. The van der Waals surface area contributed by atoms with Gasteiger partial charge in [0.1, 0.15) is 0 Å². The van der Waals surface area contributed by atoms with Crippen molar-refractivity contribution in [1.82, 2.24) is 14.4 Å². The highest BCUT2D eigenvalue weighted by molar-refractivity contribution is 7.97. The van der Waals surface area contributed by atoms with E-state index in [1.54, 1.807) is 16.0 Å². The molecule has 4 heteroatoms. The van der Waals surface area contributed by atoms with E-state index in [0.29, 0.717) is 0 Å². The van der Waals surface area contributed by atoms with E-state index in [4.69, 9.17) is 0 Å². The first kappa shape index (κ1) is 6.61. The van der Waals surface area contributed by atoms with Crippen LogP contribution in [0.2, 0.25) is 0 Å². The zero-order valence-corrected chi connectivity index (χ0v) is 6.35. The van der Waals surface area contributed by atoms with Gasteiger partial charge >= 0.3 is 0 Å². The highest BCUT2D eigenvalue weighted by Crippen LogP contribution is 1.99. The molecule has 0 amide bonds. The predicted molar refractivity (Wildman–Crippen MR) is 38.3 cm³/mol. The zero-order chi connectivity index (χ0) is 6.69. The van der Waals surface area contributed by atoms with Crippen LogP contribution in [0.25, 0.3) is 0 Å². The molecule has 0 bridgehead atoms. The summed E-state index contributed by atoms with van der Waals surface area (Å²) in [5.41, 5.74) is 1.05. The average molecular weight is 143 g/mol. The second-order valence-corrected chi connectivity index (χ2v) is 2.39. The van der Waals surface area contributed by atoms with Crippen LogP contribution in [0.15, 0.2) is 6.20 Å². The lowest BCUT2D eigenvalue weighted by molar-refractivity contribution is 0.874. The molecule has 0 unspecified atom stereocenters. The fraction of sp³-hybridized carbons (Fsp3) is 0.600. The third-order valence-electron chi connectivity index (χ3n) is 1.07. The van der Waals surface area contributed by atoms with Gasteiger partial charge in [0.25, 0.3) is 0 Å². The minimum atomic E-state index is 0.959. The molecule has 3 nitrogen and oxygen atoms in total. The number of nitrogens with zero attached hydrogens (tertiary/aromatic N) is 3. The van der Waals surface area contributed by atoms with Crippen molar-refractivity contribution in [2.45, 2.75) is 13.3 Å². The Balaban J connectivity index is 2.74. The van der Waals surface area contributed by atoms with Crippen LogP contribution in [0.3, 0.4) is 0 Å². The molecule has 1 heterocycles. The Morgan fingerprint density at radius 2 is 2.56 bits per heavy atom. The summed E-state index contributed by atoms with van der Waals surface area (Å²) in [6.07, 6.45) is 4.86. The van der Waals surface area contributed by atoms with E-state index < -0.39 is 0 Å². The third kappa shape index (κ3) is 1.45. The first-order chi connectivity index (χ1) is 4.36. The summed E-state index contributed by atoms with van der Waals surface area (Å²) in [5.74, 6) is 0. The highest BCUT2D eigenvalue weighted by Gasteiger charge is 1.93. The van der Waals surface area contributed by atoms with E-state index >= 15 is 0 Å². The molecule has 1 rings (SSSR count). The van der Waals surface area contributed by atoms with E-state index in [-0.39, 0.29) is 0 Å². The van der Waals surface area contributed by atoms with Gasteiger partial charge in [0.15, 0.2) is 0 Å². The van der Waals surface area contributed by atoms with Crippen LogP contribution >= 0.6 is 11.9 Å². The molecule has 1 aromatic heterocycles. The summed E-state index contributed by atoms with van der Waals surface area (Å²) >= 11 is 1.55. The summed E-state index contributed by atoms with van der Waals surface area (Å²) < 4.78 is 1.75. The molecular weight excluding hydrogens is 134 g/mol. The maximum atomic E-state index is 3.90. The normalized spacial score (nSPS) is 10.0. The first-order valence-electron chi connectivity index (χ1n) is 2.82. The quantitative estimate of drug-likeness (QED) is 0.618. The van der Waals surface area contributed by atoms with E-state index in [1.807, 2.05) is 12.5 Å². The van der Waals surface area contributed by atoms with E-state index in [1.165, 1.54) is 0 Å². The molecule has 0 aliphatic heterocycles. The minimum Gasteiger partial charge on any atom is -0.194 e. The number of hydrogen-bond donors (Lipinski definition) is 0. The van der Waals surface area contributed by atoms with Gasteiger partial charge in [-0.25, -0.2) is 0 Å². The van der Waals surface area contributed by atoms with E-state index in [2.05, 4.69) is 17.2 Å². The molecule has 1 aromatic rings. The zero-order valence-electron chi connectivity index (χ0n) is 5.53. The van der Waals surface area contributed by atoms with Crippen LogP contribution in [-0.4, -0.2) is 20.7 Å². The second-order valence-electron chi connectivity index (χ2n) is 1.65. The molecule has 0 saturated heterocycles. The standard InChI is InChI=1S/C5H9N3S/c1-3-5-4-8(9-2)7-6-5/h4H,3H2,1-2H3. The maximum Gasteiger partial charge on any atom is 0.0835 e. The van der Waals surface area contributed by atoms with E-state index in [0.717, 1.165) is 12.1 Å². The Bertz CT molecular complexity index is 166. The van der Waals surface area contributed by atoms with Crippen molar-refractivity contribution in [3.8, 4) is 0 Å². The van der Waals surface area contributed by atoms with Gasteiger partial charge in [-0.15, -0.1) is 5.10 Å². The fourth-order valence-corrected chi connectivity index (χ4v) is 0.868. The van der Waals surface area contributed by atoms with Crippen molar-refractivity contribution in [2.75, 3.05) is 6.26 Å². The Hall–Kier alpha value is -0.510. The van der Waals surface area contributed by atoms with Crippen LogP contribution in [0, 0.1) is 0 Å². The SMILES string of the molecule is CCc1cn(SC)nn1. The Morgan fingerprint density at radius 1 is 1.78 bits per heavy atom. The number of hydrogen-bond acceptors (Lipinski definition) is 3. The molecule has 0 spiro atoms. The number of aromatic nitrogens is 3. The number of aryl methyl sites for hydroxylation is 1. The molecule has 0 aromatic carbocycles. The maximum absolute atomic E-state index is 3.90. The van der Waals surface area contributed by atoms with Gasteiger partial charge in [-0.3, -0.25) is 0 Å². The van der Waals surface area contributed by atoms with E-state index in [9.17, 15) is 0 Å². The van der Waals surface area contributed by atoms with Crippen LogP contribution in [-0.2, 0) is 6.42 Å². The molecule has 50 valence electrons. The lowest BCUT2D eigenvalue weighted by atomic mass is 10.4. The van der Waals surface area contributed by atoms with Gasteiger partial charge in [0.05, 0.1) is 11.9 Å². The molecule has 0 saturated carbocycles. The van der Waals surface area contributed by atoms with Crippen molar-refractivity contribution < 1.29 is 0 Å². The highest BCUT2D eigenvalue weighted by atomic mass is 32.2. The molecule has 9 heavy (non-hydrogen) atoms.